The van der Waals surface area contributed by atoms with Crippen molar-refractivity contribution >= 4 is 36.0 Å². The molecule has 68 heavy (non-hydrogen) atoms. The van der Waals surface area contributed by atoms with Gasteiger partial charge in [-0.2, -0.15) is 0 Å². The molecular weight excluding hydrogens is 863 g/mol. The minimum atomic E-state index is -0.780. The quantitative estimate of drug-likeness (QED) is 0.0415. The van der Waals surface area contributed by atoms with Crippen LogP contribution in [0.3, 0.4) is 0 Å². The summed E-state index contributed by atoms with van der Waals surface area (Å²) in [5.74, 6) is 0.819. The van der Waals surface area contributed by atoms with Crippen LogP contribution in [-0.4, -0.2) is 102 Å². The Morgan fingerprint density at radius 2 is 1.38 bits per heavy atom. The number of aliphatic hydroxyl groups is 3. The fourth-order valence-electron chi connectivity index (χ4n) is 8.30. The number of esters is 2. The largest absolute Gasteiger partial charge is 0.454 e. The van der Waals surface area contributed by atoms with Crippen LogP contribution in [0.25, 0.3) is 0 Å². The summed E-state index contributed by atoms with van der Waals surface area (Å²) < 4.78 is 21.8. The Kier molecular flexibility index (Phi) is 16.3. The number of nitrogens with zero attached hydrogens (tertiary/aromatic N) is 4. The fraction of sp³-hybridized carbons (Fsp3) is 0.444. The number of carbonyl (C=O) groups excluding carboxylic acids is 2. The number of likely N-dealkylation sites (N-methyl/N-ethyl adjacent to an activating group) is 1. The summed E-state index contributed by atoms with van der Waals surface area (Å²) >= 11 is 0. The van der Waals surface area contributed by atoms with E-state index < -0.39 is 41.1 Å². The minimum absolute atomic E-state index is 0.0826. The zero-order chi connectivity index (χ0) is 49.7. The highest BCUT2D eigenvalue weighted by Crippen LogP contribution is 2.49. The van der Waals surface area contributed by atoms with Crippen LogP contribution >= 0.6 is 0 Å². The van der Waals surface area contributed by atoms with Crippen molar-refractivity contribution in [3.05, 3.63) is 117 Å². The van der Waals surface area contributed by atoms with Gasteiger partial charge in [0.2, 0.25) is 6.79 Å². The number of rotatable bonds is 9. The van der Waals surface area contributed by atoms with Crippen LogP contribution in [0.4, 0.5) is 11.4 Å². The van der Waals surface area contributed by atoms with Gasteiger partial charge in [-0.1, -0.05) is 53.1 Å². The van der Waals surface area contributed by atoms with E-state index in [-0.39, 0.29) is 30.3 Å². The Hall–Kier alpha value is -5.90. The first-order chi connectivity index (χ1) is 32.0. The van der Waals surface area contributed by atoms with Crippen molar-refractivity contribution in [2.75, 3.05) is 34.0 Å². The second-order valence-corrected chi connectivity index (χ2v) is 20.1. The molecule has 4 aromatic rings. The van der Waals surface area contributed by atoms with E-state index in [0.29, 0.717) is 12.1 Å². The number of nitrogens with one attached hydrogen (secondary N) is 1. The van der Waals surface area contributed by atoms with E-state index in [0.717, 1.165) is 47.9 Å². The molecular formula is C54H69N5O9. The third kappa shape index (κ3) is 12.6. The van der Waals surface area contributed by atoms with Crippen molar-refractivity contribution in [1.29, 1.82) is 0 Å². The SMILES string of the molecule is CNCC(O)c1ccc(OC(=O)C(C)(C)C)c(OC(=O)C(C)(C)C)c1.Cc1ccc(/N=C/N(C)/C=N/c2ccc(C)cc2C)c(C)c1.O[C@H]1[C@H]2c3cc4c(cc3CN3CCC(=C[C@@H]1O)[C@H]23)OCO4. The van der Waals surface area contributed by atoms with Gasteiger partial charge in [-0.15, -0.1) is 0 Å². The predicted molar refractivity (Wildman–Crippen MR) is 266 cm³/mol. The molecule has 14 nitrogen and oxygen atoms in total. The molecule has 4 N–H and O–H groups in total. The third-order valence-electron chi connectivity index (χ3n) is 12.1. The molecule has 4 aliphatic rings. The van der Waals surface area contributed by atoms with Gasteiger partial charge < -0.3 is 44.5 Å². The lowest BCUT2D eigenvalue weighted by molar-refractivity contribution is -0.145. The van der Waals surface area contributed by atoms with E-state index in [9.17, 15) is 24.9 Å². The van der Waals surface area contributed by atoms with Crippen molar-refractivity contribution in [1.82, 2.24) is 15.1 Å². The Morgan fingerprint density at radius 3 is 1.93 bits per heavy atom. The van der Waals surface area contributed by atoms with Crippen LogP contribution in [-0.2, 0) is 16.1 Å². The summed E-state index contributed by atoms with van der Waals surface area (Å²) in [6, 6.07) is 21.4. The van der Waals surface area contributed by atoms with Crippen LogP contribution in [0.15, 0.2) is 88.4 Å². The number of aryl methyl sites for hydroxylation is 4. The minimum Gasteiger partial charge on any atom is -0.454 e. The molecule has 0 saturated carbocycles. The van der Waals surface area contributed by atoms with Crippen LogP contribution < -0.4 is 24.3 Å². The first kappa shape index (κ1) is 51.5. The van der Waals surface area contributed by atoms with Gasteiger partial charge in [0.05, 0.1) is 53.2 Å². The Bertz CT molecular complexity index is 2500. The zero-order valence-corrected chi connectivity index (χ0v) is 41.6. The maximum absolute atomic E-state index is 12.2. The molecule has 1 saturated heterocycles. The van der Waals surface area contributed by atoms with Gasteiger partial charge in [-0.25, -0.2) is 9.98 Å². The third-order valence-corrected chi connectivity index (χ3v) is 12.1. The lowest BCUT2D eigenvalue weighted by Crippen LogP contribution is -2.49. The zero-order valence-electron chi connectivity index (χ0n) is 41.6. The fourth-order valence-corrected chi connectivity index (χ4v) is 8.30. The van der Waals surface area contributed by atoms with Crippen LogP contribution in [0.2, 0.25) is 0 Å². The molecule has 0 amide bonds. The average molecular weight is 932 g/mol. The van der Waals surface area contributed by atoms with Crippen molar-refractivity contribution in [3.63, 3.8) is 0 Å². The highest BCUT2D eigenvalue weighted by Gasteiger charge is 2.49. The molecule has 8 rings (SSSR count). The van der Waals surface area contributed by atoms with Gasteiger partial charge in [-0.05, 0) is 147 Å². The molecule has 5 atom stereocenters. The number of benzene rings is 4. The molecule has 3 heterocycles. The predicted octanol–water partition coefficient (Wildman–Crippen LogP) is 8.46. The van der Waals surface area contributed by atoms with Gasteiger partial charge in [-0.3, -0.25) is 14.5 Å². The number of carbonyl (C=O) groups is 2. The van der Waals surface area contributed by atoms with Crippen LogP contribution in [0.1, 0.15) is 98.9 Å². The van der Waals surface area contributed by atoms with E-state index in [1.165, 1.54) is 45.5 Å². The van der Waals surface area contributed by atoms with Crippen molar-refractivity contribution in [2.45, 2.75) is 112 Å². The molecule has 3 aliphatic heterocycles. The van der Waals surface area contributed by atoms with Gasteiger partial charge in [0.15, 0.2) is 23.0 Å². The lowest BCUT2D eigenvalue weighted by atomic mass is 9.73. The average Bonchev–Trinajstić information content (AvgIpc) is 3.90. The summed E-state index contributed by atoms with van der Waals surface area (Å²) in [5, 5.41) is 33.7. The highest BCUT2D eigenvalue weighted by molar-refractivity contribution is 5.81. The highest BCUT2D eigenvalue weighted by atomic mass is 16.7. The molecule has 0 bridgehead atoms. The summed E-state index contributed by atoms with van der Waals surface area (Å²) in [6.07, 6.45) is 4.07. The standard InChI is InChI=1S/C19H23N3.C19H29NO5.C16H17NO4/c1-14-6-8-18(16(3)10-14)20-12-22(5)13-21-19-9-7-15(2)11-17(19)4;1-18(2,3)16(22)24-14-9-8-12(13(21)11-20-7)10-15(14)25-17(23)19(4,5)6;18-11-3-8-1-2-17-6-9-4-12-13(21-7-20-12)5-10(9)14(15(8)17)16(11)19/h6-13H,1-5H3;8-10,13,20-21H,11H2,1-7H3;3-5,11,14-16,18-19H,1-2,6-7H2/b20-12+,21-13+;;/t;;11-,14-,15+,16+/m..0/s1. The van der Waals surface area contributed by atoms with Crippen molar-refractivity contribution in [3.8, 4) is 23.0 Å². The molecule has 0 spiro atoms. The molecule has 14 heteroatoms. The van der Waals surface area contributed by atoms with Gasteiger partial charge in [0, 0.05) is 38.6 Å². The summed E-state index contributed by atoms with van der Waals surface area (Å²) in [5.41, 5.74) is 9.50. The molecule has 1 unspecified atom stereocenters. The smallest absolute Gasteiger partial charge is 0.316 e. The van der Waals surface area contributed by atoms with E-state index in [4.69, 9.17) is 18.9 Å². The first-order valence-electron chi connectivity index (χ1n) is 23.1. The topological polar surface area (TPSA) is 175 Å². The number of hydrogen-bond donors (Lipinski definition) is 4. The summed E-state index contributed by atoms with van der Waals surface area (Å²) in [7, 11) is 3.66. The van der Waals surface area contributed by atoms with E-state index in [1.54, 1.807) is 67.3 Å². The Balaban J connectivity index is 0.000000168. The Morgan fingerprint density at radius 1 is 0.824 bits per heavy atom. The van der Waals surface area contributed by atoms with Crippen LogP contribution in [0.5, 0.6) is 23.0 Å². The summed E-state index contributed by atoms with van der Waals surface area (Å²) in [4.78, 5) is 37.7. The van der Waals surface area contributed by atoms with Crippen molar-refractivity contribution < 1.29 is 43.9 Å². The number of ether oxygens (including phenoxy) is 4. The first-order valence-corrected chi connectivity index (χ1v) is 23.1. The molecule has 364 valence electrons. The van der Waals surface area contributed by atoms with E-state index in [2.05, 4.69) is 72.2 Å². The lowest BCUT2D eigenvalue weighted by Gasteiger charge is -2.44. The van der Waals surface area contributed by atoms with Gasteiger partial charge in [0.25, 0.3) is 0 Å². The van der Waals surface area contributed by atoms with Gasteiger partial charge in [0.1, 0.15) is 0 Å². The maximum Gasteiger partial charge on any atom is 0.316 e. The Labute approximate surface area is 401 Å². The van der Waals surface area contributed by atoms with Crippen molar-refractivity contribution in [2.24, 2.45) is 20.8 Å². The second-order valence-electron chi connectivity index (χ2n) is 20.1. The van der Waals surface area contributed by atoms with E-state index in [1.807, 2.05) is 42.3 Å². The normalized spacial score (nSPS) is 19.8. The molecule has 1 fully saturated rings. The number of hydrogen-bond acceptors (Lipinski definition) is 13. The molecule has 4 aromatic carbocycles. The number of aliphatic hydroxyl groups excluding tert-OH is 3. The van der Waals surface area contributed by atoms with Crippen LogP contribution in [0, 0.1) is 38.5 Å². The monoisotopic (exact) mass is 932 g/mol. The molecule has 0 aromatic heterocycles. The molecule has 1 aliphatic carbocycles. The number of fused-ring (bicyclic) bond motifs is 3. The van der Waals surface area contributed by atoms with E-state index >= 15 is 0 Å². The summed E-state index contributed by atoms with van der Waals surface area (Å²) in [6.45, 7) is 21.2. The molecule has 0 radical (unpaired) electrons. The number of aliphatic imine (C=N–C) groups is 2. The second kappa shape index (κ2) is 21.6. The van der Waals surface area contributed by atoms with Gasteiger partial charge >= 0.3 is 11.9 Å². The maximum atomic E-state index is 12.2.